The van der Waals surface area contributed by atoms with Crippen molar-refractivity contribution in [1.82, 2.24) is 19.6 Å². The van der Waals surface area contributed by atoms with E-state index >= 15 is 0 Å². The highest BCUT2D eigenvalue weighted by molar-refractivity contribution is 5.69. The van der Waals surface area contributed by atoms with Crippen molar-refractivity contribution in [3.8, 4) is 17.3 Å². The van der Waals surface area contributed by atoms with E-state index in [-0.39, 0.29) is 6.01 Å². The van der Waals surface area contributed by atoms with Gasteiger partial charge >= 0.3 is 6.01 Å². The summed E-state index contributed by atoms with van der Waals surface area (Å²) < 4.78 is 1.68. The Morgan fingerprint density at radius 3 is 2.94 bits per heavy atom. The lowest BCUT2D eigenvalue weighted by Crippen LogP contribution is -1.95. The Labute approximate surface area is 97.4 Å². The van der Waals surface area contributed by atoms with E-state index in [0.29, 0.717) is 0 Å². The molecule has 0 amide bonds. The maximum atomic E-state index is 9.35. The topological polar surface area (TPSA) is 63.3 Å². The summed E-state index contributed by atoms with van der Waals surface area (Å²) in [5, 5.41) is 13.4. The summed E-state index contributed by atoms with van der Waals surface area (Å²) in [5.41, 5.74) is 3.78. The molecule has 0 saturated carbocycles. The smallest absolute Gasteiger partial charge is 0.331 e. The van der Waals surface area contributed by atoms with Crippen molar-refractivity contribution in [2.24, 2.45) is 0 Å². The average molecular weight is 226 g/mol. The van der Waals surface area contributed by atoms with E-state index in [1.807, 2.05) is 25.1 Å². The monoisotopic (exact) mass is 226 g/mol. The first-order valence-corrected chi connectivity index (χ1v) is 5.20. The number of hydrogen-bond acceptors (Lipinski definition) is 4. The molecule has 0 atom stereocenters. The third-order valence-corrected chi connectivity index (χ3v) is 2.66. The van der Waals surface area contributed by atoms with Crippen LogP contribution in [0.5, 0.6) is 6.01 Å². The fraction of sp³-hybridized carbons (Fsp3) is 0.0833. The highest BCUT2D eigenvalue weighted by Crippen LogP contribution is 2.24. The van der Waals surface area contributed by atoms with Crippen molar-refractivity contribution < 1.29 is 5.11 Å². The first-order valence-electron chi connectivity index (χ1n) is 5.20. The van der Waals surface area contributed by atoms with E-state index < -0.39 is 0 Å². The van der Waals surface area contributed by atoms with Gasteiger partial charge in [0.15, 0.2) is 0 Å². The van der Waals surface area contributed by atoms with Crippen molar-refractivity contribution >= 4 is 5.52 Å². The Morgan fingerprint density at radius 1 is 1.29 bits per heavy atom. The van der Waals surface area contributed by atoms with E-state index in [4.69, 9.17) is 0 Å². The van der Waals surface area contributed by atoms with Crippen LogP contribution in [0.1, 0.15) is 5.56 Å². The van der Waals surface area contributed by atoms with E-state index in [9.17, 15) is 5.11 Å². The van der Waals surface area contributed by atoms with Crippen LogP contribution in [0.2, 0.25) is 0 Å². The first-order chi connectivity index (χ1) is 8.25. The van der Waals surface area contributed by atoms with Crippen molar-refractivity contribution in [3.63, 3.8) is 0 Å². The molecule has 0 radical (unpaired) electrons. The molecule has 5 heteroatoms. The van der Waals surface area contributed by atoms with Gasteiger partial charge in [-0.3, -0.25) is 4.98 Å². The Kier molecular flexibility index (Phi) is 2.04. The molecule has 84 valence electrons. The largest absolute Gasteiger partial charge is 0.478 e. The van der Waals surface area contributed by atoms with Crippen LogP contribution in [-0.4, -0.2) is 24.7 Å². The van der Waals surface area contributed by atoms with E-state index in [2.05, 4.69) is 15.1 Å². The van der Waals surface area contributed by atoms with Crippen LogP contribution < -0.4 is 0 Å². The Hall–Kier alpha value is -2.43. The third kappa shape index (κ3) is 1.52. The van der Waals surface area contributed by atoms with Crippen LogP contribution in [0.4, 0.5) is 0 Å². The first kappa shape index (κ1) is 9.77. The lowest BCUT2D eigenvalue weighted by molar-refractivity contribution is 0.419. The van der Waals surface area contributed by atoms with Crippen LogP contribution in [0.3, 0.4) is 0 Å². The van der Waals surface area contributed by atoms with Crippen LogP contribution >= 0.6 is 0 Å². The number of aryl methyl sites for hydroxylation is 1. The van der Waals surface area contributed by atoms with Gasteiger partial charge in [-0.15, -0.1) is 5.10 Å². The molecule has 0 unspecified atom stereocenters. The maximum absolute atomic E-state index is 9.35. The summed E-state index contributed by atoms with van der Waals surface area (Å²) >= 11 is 0. The Bertz CT molecular complexity index is 676. The van der Waals surface area contributed by atoms with Gasteiger partial charge in [0.25, 0.3) is 0 Å². The fourth-order valence-corrected chi connectivity index (χ4v) is 1.86. The quantitative estimate of drug-likeness (QED) is 0.687. The second kappa shape index (κ2) is 3.55. The van der Waals surface area contributed by atoms with E-state index in [1.54, 1.807) is 23.1 Å². The zero-order chi connectivity index (χ0) is 11.8. The molecule has 3 aromatic rings. The summed E-state index contributed by atoms with van der Waals surface area (Å²) in [6.45, 7) is 1.98. The molecule has 1 N–H and O–H groups in total. The van der Waals surface area contributed by atoms with Crippen molar-refractivity contribution in [3.05, 3.63) is 42.4 Å². The van der Waals surface area contributed by atoms with Crippen LogP contribution in [0.25, 0.3) is 16.8 Å². The van der Waals surface area contributed by atoms with Gasteiger partial charge in [0.05, 0.1) is 17.4 Å². The highest BCUT2D eigenvalue weighted by Gasteiger charge is 2.10. The molecule has 3 aromatic heterocycles. The molecule has 0 aromatic carbocycles. The zero-order valence-corrected chi connectivity index (χ0v) is 9.20. The maximum Gasteiger partial charge on any atom is 0.331 e. The van der Waals surface area contributed by atoms with Crippen LogP contribution in [0, 0.1) is 6.92 Å². The molecule has 0 fully saturated rings. The lowest BCUT2D eigenvalue weighted by atomic mass is 10.2. The van der Waals surface area contributed by atoms with Crippen molar-refractivity contribution in [2.75, 3.05) is 0 Å². The van der Waals surface area contributed by atoms with E-state index in [1.165, 1.54) is 0 Å². The molecule has 5 nitrogen and oxygen atoms in total. The van der Waals surface area contributed by atoms with Gasteiger partial charge in [0.2, 0.25) is 0 Å². The van der Waals surface area contributed by atoms with Gasteiger partial charge in [-0.1, -0.05) is 0 Å². The molecular weight excluding hydrogens is 216 g/mol. The minimum atomic E-state index is -0.238. The molecular formula is C12H10N4O. The Morgan fingerprint density at radius 2 is 2.18 bits per heavy atom. The number of pyridine rings is 1. The summed E-state index contributed by atoms with van der Waals surface area (Å²) in [7, 11) is 0. The average Bonchev–Trinajstić information content (AvgIpc) is 2.67. The van der Waals surface area contributed by atoms with Gasteiger partial charge in [-0.05, 0) is 30.7 Å². The standard InChI is InChI=1S/C12H10N4O/c1-8-5-10(9-3-2-4-13-6-9)16-11(8)7-14-12(17)15-16/h2-7H,1H3,(H,15,17). The second-order valence-corrected chi connectivity index (χ2v) is 3.81. The SMILES string of the molecule is Cc1cc(-c2cccnc2)n2nc(O)ncc12. The molecule has 0 aliphatic carbocycles. The van der Waals surface area contributed by atoms with Gasteiger partial charge in [-0.25, -0.2) is 9.50 Å². The number of rotatable bonds is 1. The van der Waals surface area contributed by atoms with Gasteiger partial charge in [0, 0.05) is 18.0 Å². The fourth-order valence-electron chi connectivity index (χ4n) is 1.86. The molecule has 0 bridgehead atoms. The molecule has 0 saturated heterocycles. The van der Waals surface area contributed by atoms with Crippen LogP contribution in [-0.2, 0) is 0 Å². The summed E-state index contributed by atoms with van der Waals surface area (Å²) in [6, 6.07) is 5.58. The predicted octanol–water partition coefficient (Wildman–Crippen LogP) is 1.81. The second-order valence-electron chi connectivity index (χ2n) is 3.81. The predicted molar refractivity (Wildman–Crippen MR) is 62.6 cm³/mol. The summed E-state index contributed by atoms with van der Waals surface area (Å²) in [5.74, 6) is 0. The number of hydrogen-bond donors (Lipinski definition) is 1. The zero-order valence-electron chi connectivity index (χ0n) is 9.20. The molecule has 0 spiro atoms. The van der Waals surface area contributed by atoms with Gasteiger partial charge in [-0.2, -0.15) is 0 Å². The molecule has 0 aliphatic heterocycles. The van der Waals surface area contributed by atoms with Crippen molar-refractivity contribution in [1.29, 1.82) is 0 Å². The number of nitrogens with zero attached hydrogens (tertiary/aromatic N) is 4. The number of fused-ring (bicyclic) bond motifs is 1. The minimum absolute atomic E-state index is 0.238. The number of aromatic nitrogens is 4. The highest BCUT2D eigenvalue weighted by atomic mass is 16.3. The molecule has 3 heterocycles. The van der Waals surface area contributed by atoms with Crippen molar-refractivity contribution in [2.45, 2.75) is 6.92 Å². The van der Waals surface area contributed by atoms with E-state index in [0.717, 1.165) is 22.3 Å². The number of aromatic hydroxyl groups is 1. The Balaban J connectivity index is 2.34. The normalized spacial score (nSPS) is 10.9. The molecule has 17 heavy (non-hydrogen) atoms. The van der Waals surface area contributed by atoms with Gasteiger partial charge in [0.1, 0.15) is 0 Å². The summed E-state index contributed by atoms with van der Waals surface area (Å²) in [6.07, 6.45) is 5.09. The lowest BCUT2D eigenvalue weighted by Gasteiger charge is -2.01. The van der Waals surface area contributed by atoms with Gasteiger partial charge < -0.3 is 5.11 Å². The third-order valence-electron chi connectivity index (χ3n) is 2.66. The summed E-state index contributed by atoms with van der Waals surface area (Å²) in [4.78, 5) is 7.86. The molecule has 0 aliphatic rings. The van der Waals surface area contributed by atoms with Crippen LogP contribution in [0.15, 0.2) is 36.8 Å². The molecule has 3 rings (SSSR count). The minimum Gasteiger partial charge on any atom is -0.478 e.